The van der Waals surface area contributed by atoms with E-state index in [2.05, 4.69) is 177 Å². The lowest BCUT2D eigenvalue weighted by molar-refractivity contribution is 0.670. The molecule has 0 N–H and O–H groups in total. The molecule has 1 unspecified atom stereocenters. The molecule has 3 nitrogen and oxygen atoms in total. The fraction of sp³-hybridized carbons (Fsp3) is 0.0370. The highest BCUT2D eigenvalue weighted by molar-refractivity contribution is 6.09. The van der Waals surface area contributed by atoms with E-state index < -0.39 is 0 Å². The van der Waals surface area contributed by atoms with Crippen LogP contribution in [-0.2, 0) is 5.41 Å². The molecular formula is C54H36N2O. The van der Waals surface area contributed by atoms with Gasteiger partial charge in [0.15, 0.2) is 5.82 Å². The number of hydrogen-bond donors (Lipinski definition) is 0. The van der Waals surface area contributed by atoms with Crippen LogP contribution in [0.5, 0.6) is 0 Å². The monoisotopic (exact) mass is 728 g/mol. The molecule has 2 aromatic heterocycles. The number of furan rings is 1. The summed E-state index contributed by atoms with van der Waals surface area (Å²) in [5.74, 6) is 0.698. The molecular weight excluding hydrogens is 693 g/mol. The molecule has 0 fully saturated rings. The zero-order chi connectivity index (χ0) is 37.9. The summed E-state index contributed by atoms with van der Waals surface area (Å²) in [7, 11) is 0. The molecule has 8 aromatic carbocycles. The van der Waals surface area contributed by atoms with Crippen LogP contribution in [-0.4, -0.2) is 9.97 Å². The van der Waals surface area contributed by atoms with Crippen molar-refractivity contribution >= 4 is 21.9 Å². The van der Waals surface area contributed by atoms with E-state index in [-0.39, 0.29) is 5.41 Å². The molecule has 1 atom stereocenters. The molecule has 268 valence electrons. The van der Waals surface area contributed by atoms with Gasteiger partial charge < -0.3 is 4.42 Å². The van der Waals surface area contributed by atoms with E-state index in [1.165, 1.54) is 27.8 Å². The van der Waals surface area contributed by atoms with Crippen LogP contribution < -0.4 is 0 Å². The lowest BCUT2D eigenvalue weighted by atomic mass is 9.74. The van der Waals surface area contributed by atoms with Gasteiger partial charge in [0.1, 0.15) is 11.2 Å². The van der Waals surface area contributed by atoms with Crippen molar-refractivity contribution in [3.05, 3.63) is 217 Å². The van der Waals surface area contributed by atoms with Crippen LogP contribution >= 0.6 is 0 Å². The smallest absolute Gasteiger partial charge is 0.160 e. The molecule has 0 bridgehead atoms. The molecule has 0 amide bonds. The Morgan fingerprint density at radius 2 is 0.965 bits per heavy atom. The average molecular weight is 729 g/mol. The van der Waals surface area contributed by atoms with E-state index in [4.69, 9.17) is 14.4 Å². The SMILES string of the molecule is CC1(c2ccccc2)c2ccccc2-c2c(-c3cc(-c4cccc(-c5cccc(-c6cccc7c6oc6ccccc67)c5)c4)nc(-c4ccccc4)n3)cccc21. The Bertz CT molecular complexity index is 3140. The number of nitrogens with zero attached hydrogens (tertiary/aromatic N) is 2. The van der Waals surface area contributed by atoms with Gasteiger partial charge in [-0.3, -0.25) is 0 Å². The quantitative estimate of drug-likeness (QED) is 0.171. The van der Waals surface area contributed by atoms with Crippen molar-refractivity contribution in [2.24, 2.45) is 0 Å². The van der Waals surface area contributed by atoms with Crippen molar-refractivity contribution in [2.75, 3.05) is 0 Å². The summed E-state index contributed by atoms with van der Waals surface area (Å²) in [6, 6.07) is 71.0. The van der Waals surface area contributed by atoms with Crippen molar-refractivity contribution in [3.63, 3.8) is 0 Å². The standard InChI is InChI=1S/C54H36N2O/c1-54(40-22-6-3-7-23-40)46-29-10-8-25-44(46)51-45(28-15-30-47(51)54)49-34-48(55-53(56-49)35-16-4-2-5-17-35)39-21-13-19-37(33-39)36-18-12-20-38(32-36)41-26-14-27-43-42-24-9-11-31-50(42)57-52(41)43/h2-34H,1H3. The van der Waals surface area contributed by atoms with Gasteiger partial charge in [0.2, 0.25) is 0 Å². The van der Waals surface area contributed by atoms with Crippen molar-refractivity contribution in [1.82, 2.24) is 9.97 Å². The second-order valence-corrected chi connectivity index (χ2v) is 15.0. The molecule has 10 aromatic rings. The fourth-order valence-corrected chi connectivity index (χ4v) is 8.99. The third-order valence-electron chi connectivity index (χ3n) is 11.8. The summed E-state index contributed by atoms with van der Waals surface area (Å²) in [5.41, 5.74) is 17.2. The minimum atomic E-state index is -0.305. The van der Waals surface area contributed by atoms with Gasteiger partial charge in [0, 0.05) is 38.4 Å². The average Bonchev–Trinajstić information content (AvgIpc) is 3.80. The molecule has 0 spiro atoms. The minimum Gasteiger partial charge on any atom is -0.455 e. The lowest BCUT2D eigenvalue weighted by Crippen LogP contribution is -2.22. The van der Waals surface area contributed by atoms with Gasteiger partial charge >= 0.3 is 0 Å². The van der Waals surface area contributed by atoms with Crippen molar-refractivity contribution in [2.45, 2.75) is 12.3 Å². The predicted molar refractivity (Wildman–Crippen MR) is 234 cm³/mol. The van der Waals surface area contributed by atoms with E-state index >= 15 is 0 Å². The normalized spacial score (nSPS) is 14.5. The van der Waals surface area contributed by atoms with E-state index in [0.717, 1.165) is 72.3 Å². The third kappa shape index (κ3) is 5.35. The van der Waals surface area contributed by atoms with Crippen LogP contribution in [0.4, 0.5) is 0 Å². The Morgan fingerprint density at radius 1 is 0.404 bits per heavy atom. The molecule has 1 aliphatic carbocycles. The van der Waals surface area contributed by atoms with Gasteiger partial charge in [-0.1, -0.05) is 176 Å². The van der Waals surface area contributed by atoms with Crippen LogP contribution in [0.1, 0.15) is 23.6 Å². The molecule has 0 radical (unpaired) electrons. The van der Waals surface area contributed by atoms with Crippen molar-refractivity contribution in [1.29, 1.82) is 0 Å². The molecule has 11 rings (SSSR count). The second-order valence-electron chi connectivity index (χ2n) is 15.0. The highest BCUT2D eigenvalue weighted by atomic mass is 16.3. The number of rotatable bonds is 6. The lowest BCUT2D eigenvalue weighted by Gasteiger charge is -2.28. The molecule has 0 saturated heterocycles. The second kappa shape index (κ2) is 13.1. The fourth-order valence-electron chi connectivity index (χ4n) is 8.99. The van der Waals surface area contributed by atoms with Crippen LogP contribution in [0.3, 0.4) is 0 Å². The highest BCUT2D eigenvalue weighted by Gasteiger charge is 2.41. The summed E-state index contributed by atoms with van der Waals surface area (Å²) >= 11 is 0. The highest BCUT2D eigenvalue weighted by Crippen LogP contribution is 2.55. The zero-order valence-corrected chi connectivity index (χ0v) is 31.4. The maximum absolute atomic E-state index is 6.42. The Morgan fingerprint density at radius 3 is 1.81 bits per heavy atom. The first-order valence-corrected chi connectivity index (χ1v) is 19.5. The Hall–Kier alpha value is -7.36. The minimum absolute atomic E-state index is 0.305. The van der Waals surface area contributed by atoms with Crippen LogP contribution in [0.25, 0.3) is 89.2 Å². The van der Waals surface area contributed by atoms with Crippen LogP contribution in [0, 0.1) is 0 Å². The van der Waals surface area contributed by atoms with E-state index in [0.29, 0.717) is 5.82 Å². The van der Waals surface area contributed by atoms with Gasteiger partial charge in [0.25, 0.3) is 0 Å². The first-order valence-electron chi connectivity index (χ1n) is 19.5. The Balaban J connectivity index is 1.05. The topological polar surface area (TPSA) is 38.9 Å². The van der Waals surface area contributed by atoms with E-state index in [1.807, 2.05) is 30.3 Å². The molecule has 1 aliphatic rings. The molecule has 0 saturated carbocycles. The van der Waals surface area contributed by atoms with Gasteiger partial charge in [-0.2, -0.15) is 0 Å². The predicted octanol–water partition coefficient (Wildman–Crippen LogP) is 14.0. The third-order valence-corrected chi connectivity index (χ3v) is 11.8. The van der Waals surface area contributed by atoms with Crippen molar-refractivity contribution in [3.8, 4) is 67.3 Å². The first kappa shape index (κ1) is 33.0. The summed E-state index contributed by atoms with van der Waals surface area (Å²) in [4.78, 5) is 10.6. The number of fused-ring (bicyclic) bond motifs is 6. The first-order chi connectivity index (χ1) is 28.1. The number of para-hydroxylation sites is 2. The Labute approximate surface area is 331 Å². The molecule has 57 heavy (non-hydrogen) atoms. The van der Waals surface area contributed by atoms with Gasteiger partial charge in [-0.15, -0.1) is 0 Å². The number of hydrogen-bond acceptors (Lipinski definition) is 3. The largest absolute Gasteiger partial charge is 0.455 e. The van der Waals surface area contributed by atoms with E-state index in [1.54, 1.807) is 0 Å². The number of aromatic nitrogens is 2. The summed E-state index contributed by atoms with van der Waals surface area (Å²) in [5, 5.41) is 2.26. The molecule has 3 heteroatoms. The summed E-state index contributed by atoms with van der Waals surface area (Å²) < 4.78 is 6.42. The zero-order valence-electron chi connectivity index (χ0n) is 31.4. The molecule has 0 aliphatic heterocycles. The van der Waals surface area contributed by atoms with Crippen LogP contribution in [0.2, 0.25) is 0 Å². The van der Waals surface area contributed by atoms with E-state index in [9.17, 15) is 0 Å². The molecule has 2 heterocycles. The maximum Gasteiger partial charge on any atom is 0.160 e. The van der Waals surface area contributed by atoms with Crippen molar-refractivity contribution < 1.29 is 4.42 Å². The van der Waals surface area contributed by atoms with Crippen LogP contribution in [0.15, 0.2) is 205 Å². The Kier molecular flexibility index (Phi) is 7.61. The van der Waals surface area contributed by atoms with Gasteiger partial charge in [0.05, 0.1) is 11.4 Å². The summed E-state index contributed by atoms with van der Waals surface area (Å²) in [6.07, 6.45) is 0. The maximum atomic E-state index is 6.42. The summed E-state index contributed by atoms with van der Waals surface area (Å²) in [6.45, 7) is 2.36. The number of benzene rings is 8. The van der Waals surface area contributed by atoms with Gasteiger partial charge in [-0.25, -0.2) is 9.97 Å². The van der Waals surface area contributed by atoms with Gasteiger partial charge in [-0.05, 0) is 75.7 Å².